The van der Waals surface area contributed by atoms with E-state index in [1.807, 2.05) is 17.2 Å². The van der Waals surface area contributed by atoms with Gasteiger partial charge in [-0.2, -0.15) is 0 Å². The van der Waals surface area contributed by atoms with Crippen molar-refractivity contribution in [2.75, 3.05) is 25.4 Å². The zero-order chi connectivity index (χ0) is 14.4. The lowest BCUT2D eigenvalue weighted by Gasteiger charge is -2.30. The Hall–Kier alpha value is -1.08. The van der Waals surface area contributed by atoms with Crippen molar-refractivity contribution in [1.29, 1.82) is 0 Å². The molecule has 5 nitrogen and oxygen atoms in total. The third kappa shape index (κ3) is 4.21. The van der Waals surface area contributed by atoms with E-state index in [0.29, 0.717) is 38.3 Å². The third-order valence-electron chi connectivity index (χ3n) is 3.20. The quantitative estimate of drug-likeness (QED) is 0.615. The fourth-order valence-electron chi connectivity index (χ4n) is 2.12. The van der Waals surface area contributed by atoms with Gasteiger partial charge in [0, 0.05) is 24.7 Å². The van der Waals surface area contributed by atoms with Crippen molar-refractivity contribution in [1.82, 2.24) is 9.88 Å². The van der Waals surface area contributed by atoms with Gasteiger partial charge in [-0.05, 0) is 19.8 Å². The van der Waals surface area contributed by atoms with E-state index in [2.05, 4.69) is 4.98 Å². The molecule has 0 aromatic carbocycles. The summed E-state index contributed by atoms with van der Waals surface area (Å²) in [6.07, 6.45) is 3.14. The molecule has 1 amide bonds. The van der Waals surface area contributed by atoms with Gasteiger partial charge >= 0.3 is 5.97 Å². The second-order valence-corrected chi connectivity index (χ2v) is 6.61. The lowest BCUT2D eigenvalue weighted by Crippen LogP contribution is -2.41. The molecule has 20 heavy (non-hydrogen) atoms. The van der Waals surface area contributed by atoms with Gasteiger partial charge in [-0.3, -0.25) is 9.59 Å². The monoisotopic (exact) mass is 314 g/mol. The van der Waals surface area contributed by atoms with Crippen molar-refractivity contribution in [3.05, 3.63) is 11.6 Å². The predicted octanol–water partition coefficient (Wildman–Crippen LogP) is 2.04. The van der Waals surface area contributed by atoms with Crippen LogP contribution in [0.3, 0.4) is 0 Å². The second kappa shape index (κ2) is 7.64. The Kier molecular flexibility index (Phi) is 5.85. The van der Waals surface area contributed by atoms with E-state index in [9.17, 15) is 9.59 Å². The molecule has 0 N–H and O–H groups in total. The number of carbonyl (C=O) groups excluding carboxylic acids is 2. The average Bonchev–Trinajstić information content (AvgIpc) is 2.98. The maximum Gasteiger partial charge on any atom is 0.309 e. The van der Waals surface area contributed by atoms with Crippen LogP contribution in [0.2, 0.25) is 0 Å². The van der Waals surface area contributed by atoms with Gasteiger partial charge in [0.05, 0.1) is 18.3 Å². The number of hydrogen-bond donors (Lipinski definition) is 0. The summed E-state index contributed by atoms with van der Waals surface area (Å²) in [6, 6.07) is 0. The lowest BCUT2D eigenvalue weighted by atomic mass is 9.97. The summed E-state index contributed by atoms with van der Waals surface area (Å²) < 4.78 is 5.94. The molecule has 1 aromatic heterocycles. The summed E-state index contributed by atoms with van der Waals surface area (Å²) in [5, 5.41) is 1.90. The number of rotatable bonds is 5. The van der Waals surface area contributed by atoms with Crippen molar-refractivity contribution in [3.8, 4) is 0 Å². The fourth-order valence-corrected chi connectivity index (χ4v) is 3.66. The zero-order valence-electron chi connectivity index (χ0n) is 11.4. The first kappa shape index (κ1) is 15.3. The molecule has 0 bridgehead atoms. The molecule has 2 rings (SSSR count). The molecule has 1 aliphatic heterocycles. The number of carbonyl (C=O) groups is 2. The molecule has 0 radical (unpaired) electrons. The van der Waals surface area contributed by atoms with Crippen LogP contribution in [0.4, 0.5) is 0 Å². The van der Waals surface area contributed by atoms with Crippen LogP contribution in [0.1, 0.15) is 19.8 Å². The van der Waals surface area contributed by atoms with Gasteiger partial charge in [0.2, 0.25) is 5.91 Å². The van der Waals surface area contributed by atoms with Crippen LogP contribution in [-0.2, 0) is 14.3 Å². The van der Waals surface area contributed by atoms with E-state index >= 15 is 0 Å². The topological polar surface area (TPSA) is 59.5 Å². The molecule has 0 spiro atoms. The minimum atomic E-state index is -0.128. The smallest absolute Gasteiger partial charge is 0.309 e. The molecular formula is C13H18N2O3S2. The minimum absolute atomic E-state index is 0.0504. The number of piperidine rings is 1. The molecule has 1 aliphatic rings. The number of likely N-dealkylation sites (tertiary alicyclic amines) is 1. The molecule has 1 saturated heterocycles. The standard InChI is InChI=1S/C13H18N2O3S2/c1-2-18-12(17)10-3-6-15(7-4-10)11(16)9-20-13-14-5-8-19-13/h5,8,10H,2-4,6-7,9H2,1H3. The van der Waals surface area contributed by atoms with Crippen molar-refractivity contribution in [2.24, 2.45) is 5.92 Å². The number of hydrogen-bond acceptors (Lipinski definition) is 6. The summed E-state index contributed by atoms with van der Waals surface area (Å²) in [5.74, 6) is 0.354. The van der Waals surface area contributed by atoms with Crippen molar-refractivity contribution in [3.63, 3.8) is 0 Å². The number of esters is 1. The number of thioether (sulfide) groups is 1. The summed E-state index contributed by atoms with van der Waals surface area (Å²) in [6.45, 7) is 3.51. The predicted molar refractivity (Wildman–Crippen MR) is 78.8 cm³/mol. The highest BCUT2D eigenvalue weighted by Gasteiger charge is 2.28. The molecule has 0 unspecified atom stereocenters. The number of nitrogens with zero attached hydrogens (tertiary/aromatic N) is 2. The first-order valence-corrected chi connectivity index (χ1v) is 8.54. The van der Waals surface area contributed by atoms with Gasteiger partial charge in [-0.15, -0.1) is 11.3 Å². The van der Waals surface area contributed by atoms with Crippen LogP contribution >= 0.6 is 23.1 Å². The zero-order valence-corrected chi connectivity index (χ0v) is 13.0. The van der Waals surface area contributed by atoms with Gasteiger partial charge in [0.1, 0.15) is 4.34 Å². The fraction of sp³-hybridized carbons (Fsp3) is 0.615. The second-order valence-electron chi connectivity index (χ2n) is 4.49. The van der Waals surface area contributed by atoms with Crippen molar-refractivity contribution in [2.45, 2.75) is 24.1 Å². The summed E-state index contributed by atoms with van der Waals surface area (Å²) in [5.41, 5.74) is 0. The number of aromatic nitrogens is 1. The minimum Gasteiger partial charge on any atom is -0.466 e. The highest BCUT2D eigenvalue weighted by Crippen LogP contribution is 2.23. The molecule has 2 heterocycles. The Labute approximate surface area is 126 Å². The van der Waals surface area contributed by atoms with Gasteiger partial charge in [-0.25, -0.2) is 4.98 Å². The molecule has 110 valence electrons. The molecule has 1 fully saturated rings. The Morgan fingerprint density at radius 3 is 2.85 bits per heavy atom. The molecule has 7 heteroatoms. The SMILES string of the molecule is CCOC(=O)C1CCN(C(=O)CSc2nccs2)CC1. The largest absolute Gasteiger partial charge is 0.466 e. The van der Waals surface area contributed by atoms with Crippen LogP contribution in [0.15, 0.2) is 15.9 Å². The third-order valence-corrected chi connectivity index (χ3v) is 5.15. The van der Waals surface area contributed by atoms with E-state index in [1.165, 1.54) is 11.8 Å². The molecular weight excluding hydrogens is 296 g/mol. The van der Waals surface area contributed by atoms with Crippen molar-refractivity contribution >= 4 is 35.0 Å². The van der Waals surface area contributed by atoms with Crippen LogP contribution in [0.5, 0.6) is 0 Å². The van der Waals surface area contributed by atoms with Crippen LogP contribution in [-0.4, -0.2) is 47.2 Å². The average molecular weight is 314 g/mol. The summed E-state index contributed by atoms with van der Waals surface area (Å²) in [7, 11) is 0. The van der Waals surface area contributed by atoms with Crippen LogP contribution < -0.4 is 0 Å². The van der Waals surface area contributed by atoms with E-state index < -0.39 is 0 Å². The van der Waals surface area contributed by atoms with E-state index in [1.54, 1.807) is 17.5 Å². The summed E-state index contributed by atoms with van der Waals surface area (Å²) in [4.78, 5) is 29.6. The summed E-state index contributed by atoms with van der Waals surface area (Å²) >= 11 is 3.01. The maximum absolute atomic E-state index is 12.1. The molecule has 0 aliphatic carbocycles. The van der Waals surface area contributed by atoms with E-state index in [-0.39, 0.29) is 17.8 Å². The number of thiazole rings is 1. The van der Waals surface area contributed by atoms with Gasteiger partial charge in [0.15, 0.2) is 0 Å². The van der Waals surface area contributed by atoms with Crippen LogP contribution in [0.25, 0.3) is 0 Å². The highest BCUT2D eigenvalue weighted by molar-refractivity contribution is 8.01. The Balaban J connectivity index is 1.73. The lowest BCUT2D eigenvalue weighted by molar-refractivity contribution is -0.151. The first-order chi connectivity index (χ1) is 9.70. The van der Waals surface area contributed by atoms with E-state index in [0.717, 1.165) is 4.34 Å². The molecule has 0 saturated carbocycles. The van der Waals surface area contributed by atoms with Gasteiger partial charge in [0.25, 0.3) is 0 Å². The van der Waals surface area contributed by atoms with Gasteiger partial charge < -0.3 is 9.64 Å². The maximum atomic E-state index is 12.1. The highest BCUT2D eigenvalue weighted by atomic mass is 32.2. The first-order valence-electron chi connectivity index (χ1n) is 6.67. The number of amides is 1. The van der Waals surface area contributed by atoms with Gasteiger partial charge in [-0.1, -0.05) is 11.8 Å². The Morgan fingerprint density at radius 1 is 1.50 bits per heavy atom. The normalized spacial score (nSPS) is 16.1. The number of ether oxygens (including phenoxy) is 1. The van der Waals surface area contributed by atoms with Crippen molar-refractivity contribution < 1.29 is 14.3 Å². The molecule has 1 aromatic rings. The van der Waals surface area contributed by atoms with E-state index in [4.69, 9.17) is 4.74 Å². The Bertz CT molecular complexity index is 442. The molecule has 0 atom stereocenters. The Morgan fingerprint density at radius 2 is 2.25 bits per heavy atom. The van der Waals surface area contributed by atoms with Crippen LogP contribution in [0, 0.1) is 5.92 Å².